The second-order valence-electron chi connectivity index (χ2n) is 4.08. The molecule has 0 saturated carbocycles. The van der Waals surface area contributed by atoms with Crippen LogP contribution in [0.4, 0.5) is 4.79 Å². The Morgan fingerprint density at radius 3 is 2.85 bits per heavy atom. The zero-order valence-corrected chi connectivity index (χ0v) is 14.1. The number of amides is 2. The van der Waals surface area contributed by atoms with Crippen LogP contribution in [0.15, 0.2) is 17.7 Å². The average molecular weight is 325 g/mol. The molecule has 0 spiro atoms. The van der Waals surface area contributed by atoms with E-state index in [-0.39, 0.29) is 36.1 Å². The van der Waals surface area contributed by atoms with Gasteiger partial charge in [0.25, 0.3) is 0 Å². The van der Waals surface area contributed by atoms with Crippen molar-refractivity contribution in [2.24, 2.45) is 0 Å². The van der Waals surface area contributed by atoms with Crippen molar-refractivity contribution in [3.05, 3.63) is 23.2 Å². The summed E-state index contributed by atoms with van der Waals surface area (Å²) in [6, 6.07) is -1.24. The van der Waals surface area contributed by atoms with Gasteiger partial charge in [0.05, 0.1) is 6.54 Å². The summed E-state index contributed by atoms with van der Waals surface area (Å²) in [6.07, 6.45) is 3.43. The number of hydrogen-bond acceptors (Lipinski definition) is 7. The minimum Gasteiger partial charge on any atom is -0.724 e. The Bertz CT molecular complexity index is 645. The molecule has 2 bridgehead atoms. The molecule has 0 radical (unpaired) electrons. The largest absolute Gasteiger partial charge is 1.00 e. The number of carbonyl (C=O) groups is 1. The van der Waals surface area contributed by atoms with Gasteiger partial charge >= 0.3 is 35.6 Å². The van der Waals surface area contributed by atoms with Crippen molar-refractivity contribution in [1.82, 2.24) is 14.3 Å². The van der Waals surface area contributed by atoms with E-state index in [1.165, 1.54) is 16.4 Å². The molecule has 2 aliphatic rings. The van der Waals surface area contributed by atoms with Gasteiger partial charge in [-0.25, -0.2) is 17.6 Å². The SMILES string of the molecule is O=C1N2CC=C(c3cnsc3)C(C2)N1OS(=O)(=O)[O-].[Na+]. The van der Waals surface area contributed by atoms with Crippen LogP contribution in [-0.4, -0.2) is 52.5 Å². The monoisotopic (exact) mass is 325 g/mol. The first kappa shape index (κ1) is 15.9. The van der Waals surface area contributed by atoms with Gasteiger partial charge in [0.15, 0.2) is 0 Å². The van der Waals surface area contributed by atoms with Crippen LogP contribution < -0.4 is 29.6 Å². The molecule has 1 saturated heterocycles. The Morgan fingerprint density at radius 2 is 2.25 bits per heavy atom. The smallest absolute Gasteiger partial charge is 0.724 e. The van der Waals surface area contributed by atoms with Crippen LogP contribution in [0.5, 0.6) is 0 Å². The summed E-state index contributed by atoms with van der Waals surface area (Å²) >= 11 is 1.25. The molecule has 20 heavy (non-hydrogen) atoms. The van der Waals surface area contributed by atoms with E-state index >= 15 is 0 Å². The number of rotatable bonds is 3. The first-order valence-corrected chi connectivity index (χ1v) is 7.46. The molecule has 2 amide bonds. The second kappa shape index (κ2) is 5.72. The normalized spacial score (nSPS) is 21.8. The van der Waals surface area contributed by atoms with Crippen LogP contribution in [0.25, 0.3) is 5.57 Å². The second-order valence-corrected chi connectivity index (χ2v) is 5.71. The van der Waals surface area contributed by atoms with Crippen LogP contribution in [0.1, 0.15) is 5.56 Å². The quantitative estimate of drug-likeness (QED) is 0.334. The van der Waals surface area contributed by atoms with E-state index in [9.17, 15) is 17.8 Å². The Morgan fingerprint density at radius 1 is 1.50 bits per heavy atom. The fourth-order valence-electron chi connectivity index (χ4n) is 2.20. The molecule has 1 atom stereocenters. The maximum absolute atomic E-state index is 11.9. The van der Waals surface area contributed by atoms with Crippen LogP contribution in [0.2, 0.25) is 0 Å². The van der Waals surface area contributed by atoms with Gasteiger partial charge in [0.2, 0.25) is 10.4 Å². The van der Waals surface area contributed by atoms with Crippen molar-refractivity contribution < 1.29 is 51.6 Å². The molecule has 2 aliphatic heterocycles. The van der Waals surface area contributed by atoms with Gasteiger partial charge in [0.1, 0.15) is 6.04 Å². The summed E-state index contributed by atoms with van der Waals surface area (Å²) in [5.74, 6) is 0. The van der Waals surface area contributed by atoms with Crippen LogP contribution in [0.3, 0.4) is 0 Å². The van der Waals surface area contributed by atoms with E-state index in [4.69, 9.17) is 0 Å². The fraction of sp³-hybridized carbons (Fsp3) is 0.333. The molecule has 102 valence electrons. The van der Waals surface area contributed by atoms with Crippen molar-refractivity contribution in [3.8, 4) is 0 Å². The first-order chi connectivity index (χ1) is 8.96. The zero-order chi connectivity index (χ0) is 13.6. The van der Waals surface area contributed by atoms with E-state index in [0.717, 1.165) is 11.1 Å². The molecule has 1 unspecified atom stereocenters. The number of urea groups is 1. The minimum absolute atomic E-state index is 0. The third-order valence-electron chi connectivity index (χ3n) is 2.96. The number of fused-ring (bicyclic) bond motifs is 2. The topological polar surface area (TPSA) is 103 Å². The Kier molecular flexibility index (Phi) is 4.54. The molecule has 0 aliphatic carbocycles. The van der Waals surface area contributed by atoms with Gasteiger partial charge in [-0.2, -0.15) is 9.35 Å². The summed E-state index contributed by atoms with van der Waals surface area (Å²) in [6.45, 7) is 0.634. The standard InChI is InChI=1S/C9H9N3O5S2.Na/c13-9-11-2-1-7(6-3-10-18-5-6)8(4-11)12(9)17-19(14,15)16;/h1,3,5,8H,2,4H2,(H,14,15,16);/q;+1/p-1. The van der Waals surface area contributed by atoms with E-state index in [0.29, 0.717) is 11.6 Å². The number of hydroxylamine groups is 2. The van der Waals surface area contributed by atoms with Crippen molar-refractivity contribution in [2.45, 2.75) is 6.04 Å². The zero-order valence-electron chi connectivity index (χ0n) is 10.4. The first-order valence-electron chi connectivity index (χ1n) is 5.29. The predicted octanol–water partition coefficient (Wildman–Crippen LogP) is -2.96. The molecule has 1 aromatic rings. The molecule has 11 heteroatoms. The molecule has 8 nitrogen and oxygen atoms in total. The molecule has 3 heterocycles. The Labute approximate surface area is 141 Å². The molecule has 0 N–H and O–H groups in total. The predicted molar refractivity (Wildman–Crippen MR) is 63.5 cm³/mol. The van der Waals surface area contributed by atoms with Crippen LogP contribution >= 0.6 is 11.5 Å². The minimum atomic E-state index is -4.98. The van der Waals surface area contributed by atoms with Gasteiger partial charge < -0.3 is 9.45 Å². The van der Waals surface area contributed by atoms with E-state index < -0.39 is 22.5 Å². The van der Waals surface area contributed by atoms with E-state index in [1.807, 2.05) is 0 Å². The summed E-state index contributed by atoms with van der Waals surface area (Å²) < 4.78 is 40.3. The van der Waals surface area contributed by atoms with Crippen molar-refractivity contribution in [3.63, 3.8) is 0 Å². The molecule has 1 fully saturated rings. The van der Waals surface area contributed by atoms with E-state index in [2.05, 4.69) is 8.66 Å². The van der Waals surface area contributed by atoms with Crippen molar-refractivity contribution in [2.75, 3.05) is 13.1 Å². The molecular formula is C9H8N3NaO5S2. The van der Waals surface area contributed by atoms with Crippen molar-refractivity contribution >= 4 is 33.5 Å². The molecule has 0 aromatic carbocycles. The maximum atomic E-state index is 11.9. The molecule has 1 aromatic heterocycles. The Balaban J connectivity index is 0.00000147. The van der Waals surface area contributed by atoms with Gasteiger partial charge in [-0.1, -0.05) is 6.08 Å². The third-order valence-corrected chi connectivity index (χ3v) is 3.89. The van der Waals surface area contributed by atoms with Gasteiger partial charge in [-0.15, -0.1) is 0 Å². The number of nitrogens with zero attached hydrogens (tertiary/aromatic N) is 3. The van der Waals surface area contributed by atoms with E-state index in [1.54, 1.807) is 17.7 Å². The van der Waals surface area contributed by atoms with Gasteiger partial charge in [-0.3, -0.25) is 0 Å². The summed E-state index contributed by atoms with van der Waals surface area (Å²) in [4.78, 5) is 13.3. The molecular weight excluding hydrogens is 317 g/mol. The average Bonchev–Trinajstić information content (AvgIpc) is 2.93. The van der Waals surface area contributed by atoms with Gasteiger partial charge in [0, 0.05) is 23.7 Å². The van der Waals surface area contributed by atoms with Crippen molar-refractivity contribution in [1.29, 1.82) is 0 Å². The maximum Gasteiger partial charge on any atom is 1.00 e. The number of aromatic nitrogens is 1. The third kappa shape index (κ3) is 2.91. The van der Waals surface area contributed by atoms with Crippen LogP contribution in [0, 0.1) is 0 Å². The fourth-order valence-corrected chi connectivity index (χ4v) is 3.11. The molecule has 3 rings (SSSR count). The summed E-state index contributed by atoms with van der Waals surface area (Å²) in [5, 5.41) is 2.41. The number of carbonyl (C=O) groups excluding carboxylic acids is 1. The summed E-state index contributed by atoms with van der Waals surface area (Å²) in [7, 11) is -4.98. The van der Waals surface area contributed by atoms with Crippen LogP contribution in [-0.2, 0) is 14.7 Å². The van der Waals surface area contributed by atoms with Gasteiger partial charge in [-0.05, 0) is 17.1 Å². The Hall–Kier alpha value is -0.490. The number of hydrogen-bond donors (Lipinski definition) is 0. The summed E-state index contributed by atoms with van der Waals surface area (Å²) in [5.41, 5.74) is 1.53.